The van der Waals surface area contributed by atoms with Crippen molar-refractivity contribution in [3.63, 3.8) is 0 Å². The Balaban J connectivity index is 1.30. The van der Waals surface area contributed by atoms with Gasteiger partial charge in [0, 0.05) is 18.3 Å². The van der Waals surface area contributed by atoms with Crippen LogP contribution in [-0.4, -0.2) is 39.5 Å². The van der Waals surface area contributed by atoms with Crippen LogP contribution < -0.4 is 9.21 Å². The van der Waals surface area contributed by atoms with E-state index in [-0.39, 0.29) is 22.4 Å². The van der Waals surface area contributed by atoms with Crippen LogP contribution in [0.4, 0.5) is 11.4 Å². The summed E-state index contributed by atoms with van der Waals surface area (Å²) in [6.45, 7) is 1.87. The van der Waals surface area contributed by atoms with E-state index < -0.39 is 22.6 Å². The molecular formula is C26H24N2O5S. The number of benzene rings is 3. The van der Waals surface area contributed by atoms with Gasteiger partial charge in [0.2, 0.25) is 0 Å². The number of para-hydroxylation sites is 2. The predicted molar refractivity (Wildman–Crippen MR) is 128 cm³/mol. The molecule has 0 saturated heterocycles. The number of nitrogens with zero attached hydrogens (tertiary/aromatic N) is 2. The van der Waals surface area contributed by atoms with E-state index in [0.717, 1.165) is 23.2 Å². The van der Waals surface area contributed by atoms with Crippen molar-refractivity contribution < 1.29 is 22.7 Å². The van der Waals surface area contributed by atoms with Crippen molar-refractivity contribution in [1.82, 2.24) is 0 Å². The quantitative estimate of drug-likeness (QED) is 0.526. The maximum atomic E-state index is 13.3. The molecule has 0 fully saturated rings. The number of sulfonamides is 1. The molecule has 2 aliphatic rings. The Kier molecular flexibility index (Phi) is 5.61. The summed E-state index contributed by atoms with van der Waals surface area (Å²) in [6, 6.07) is 20.8. The number of fused-ring (bicyclic) bond motifs is 2. The average Bonchev–Trinajstić information content (AvgIpc) is 3.43. The van der Waals surface area contributed by atoms with Crippen molar-refractivity contribution in [2.45, 2.75) is 30.7 Å². The Morgan fingerprint density at radius 1 is 0.941 bits per heavy atom. The van der Waals surface area contributed by atoms with Crippen LogP contribution in [0.15, 0.2) is 77.7 Å². The Bertz CT molecular complexity index is 1390. The lowest BCUT2D eigenvalue weighted by atomic mass is 10.1. The van der Waals surface area contributed by atoms with Crippen molar-refractivity contribution in [2.75, 3.05) is 22.4 Å². The zero-order valence-electron chi connectivity index (χ0n) is 18.7. The molecule has 0 aromatic heterocycles. The van der Waals surface area contributed by atoms with Gasteiger partial charge in [-0.05, 0) is 61.2 Å². The third-order valence-electron chi connectivity index (χ3n) is 6.30. The number of anilines is 2. The summed E-state index contributed by atoms with van der Waals surface area (Å²) in [5.74, 6) is -1.06. The summed E-state index contributed by atoms with van der Waals surface area (Å²) in [6.07, 6.45) is 1.38. The molecule has 0 saturated carbocycles. The molecule has 1 atom stereocenters. The molecule has 0 unspecified atom stereocenters. The highest BCUT2D eigenvalue weighted by Gasteiger charge is 2.32. The fraction of sp³-hybridized carbons (Fsp3) is 0.231. The highest BCUT2D eigenvalue weighted by Crippen LogP contribution is 2.33. The van der Waals surface area contributed by atoms with Crippen LogP contribution >= 0.6 is 0 Å². The first-order chi connectivity index (χ1) is 16.4. The standard InChI is InChI=1S/C26H24N2O5S/c1-18-15-20-8-3-5-12-24(20)28(18)25(29)17-33-26(30)21-9-6-10-22(16-21)34(31,32)27-14-13-19-7-2-4-11-23(19)27/h2-12,16,18H,13-15,17H2,1H3/t18-/m1/s1. The summed E-state index contributed by atoms with van der Waals surface area (Å²) in [7, 11) is -3.84. The average molecular weight is 477 g/mol. The lowest BCUT2D eigenvalue weighted by Crippen LogP contribution is -2.38. The van der Waals surface area contributed by atoms with Gasteiger partial charge in [0.25, 0.3) is 15.9 Å². The lowest BCUT2D eigenvalue weighted by molar-refractivity contribution is -0.122. The number of ether oxygens (including phenoxy) is 1. The molecule has 174 valence electrons. The molecular weight excluding hydrogens is 452 g/mol. The second kappa shape index (κ2) is 8.61. The Morgan fingerprint density at radius 2 is 1.65 bits per heavy atom. The second-order valence-corrected chi connectivity index (χ2v) is 10.4. The van der Waals surface area contributed by atoms with E-state index >= 15 is 0 Å². The van der Waals surface area contributed by atoms with Crippen molar-refractivity contribution in [2.24, 2.45) is 0 Å². The molecule has 2 aliphatic heterocycles. The molecule has 3 aromatic rings. The van der Waals surface area contributed by atoms with Crippen LogP contribution in [-0.2, 0) is 32.4 Å². The van der Waals surface area contributed by atoms with Crippen LogP contribution in [0.5, 0.6) is 0 Å². The molecule has 0 aliphatic carbocycles. The summed E-state index contributed by atoms with van der Waals surface area (Å²) >= 11 is 0. The third-order valence-corrected chi connectivity index (χ3v) is 8.11. The first-order valence-electron chi connectivity index (χ1n) is 11.1. The number of carbonyl (C=O) groups excluding carboxylic acids is 2. The fourth-order valence-corrected chi connectivity index (χ4v) is 6.24. The normalized spacial score (nSPS) is 16.8. The number of hydrogen-bond acceptors (Lipinski definition) is 5. The van der Waals surface area contributed by atoms with E-state index in [9.17, 15) is 18.0 Å². The van der Waals surface area contributed by atoms with Crippen LogP contribution in [0.2, 0.25) is 0 Å². The van der Waals surface area contributed by atoms with E-state index in [1.165, 1.54) is 28.6 Å². The number of hydrogen-bond donors (Lipinski definition) is 0. The zero-order valence-corrected chi connectivity index (χ0v) is 19.5. The smallest absolute Gasteiger partial charge is 0.338 e. The number of esters is 1. The first kappa shape index (κ1) is 22.2. The van der Waals surface area contributed by atoms with Crippen molar-refractivity contribution in [3.8, 4) is 0 Å². The predicted octanol–water partition coefficient (Wildman–Crippen LogP) is 3.57. The van der Waals surface area contributed by atoms with Crippen molar-refractivity contribution >= 4 is 33.3 Å². The van der Waals surface area contributed by atoms with E-state index in [1.807, 2.05) is 43.3 Å². The van der Waals surface area contributed by atoms with Crippen LogP contribution in [0, 0.1) is 0 Å². The van der Waals surface area contributed by atoms with Gasteiger partial charge in [-0.3, -0.25) is 9.10 Å². The van der Waals surface area contributed by atoms with Gasteiger partial charge in [-0.15, -0.1) is 0 Å². The van der Waals surface area contributed by atoms with Gasteiger partial charge in [-0.2, -0.15) is 0 Å². The molecule has 0 radical (unpaired) electrons. The molecule has 5 rings (SSSR count). The molecule has 0 spiro atoms. The van der Waals surface area contributed by atoms with E-state index in [0.29, 0.717) is 18.7 Å². The Hall–Kier alpha value is -3.65. The highest BCUT2D eigenvalue weighted by atomic mass is 32.2. The molecule has 34 heavy (non-hydrogen) atoms. The maximum absolute atomic E-state index is 13.3. The minimum Gasteiger partial charge on any atom is -0.452 e. The molecule has 8 heteroatoms. The number of amides is 1. The molecule has 7 nitrogen and oxygen atoms in total. The largest absolute Gasteiger partial charge is 0.452 e. The van der Waals surface area contributed by atoms with Crippen LogP contribution in [0.3, 0.4) is 0 Å². The van der Waals surface area contributed by atoms with Gasteiger partial charge in [0.1, 0.15) is 0 Å². The number of carbonyl (C=O) groups is 2. The van der Waals surface area contributed by atoms with Gasteiger partial charge in [0.15, 0.2) is 6.61 Å². The maximum Gasteiger partial charge on any atom is 0.338 e. The highest BCUT2D eigenvalue weighted by molar-refractivity contribution is 7.92. The van der Waals surface area contributed by atoms with Gasteiger partial charge in [-0.1, -0.05) is 42.5 Å². The minimum absolute atomic E-state index is 0.00655. The molecule has 3 aromatic carbocycles. The van der Waals surface area contributed by atoms with Crippen molar-refractivity contribution in [3.05, 3.63) is 89.5 Å². The van der Waals surface area contributed by atoms with Gasteiger partial charge >= 0.3 is 5.97 Å². The Morgan fingerprint density at radius 3 is 2.44 bits per heavy atom. The van der Waals surface area contributed by atoms with Gasteiger partial charge in [0.05, 0.1) is 16.1 Å². The van der Waals surface area contributed by atoms with Crippen LogP contribution in [0.25, 0.3) is 0 Å². The molecule has 0 bridgehead atoms. The van der Waals surface area contributed by atoms with E-state index in [2.05, 4.69) is 0 Å². The topological polar surface area (TPSA) is 84.0 Å². The zero-order chi connectivity index (χ0) is 23.9. The minimum atomic E-state index is -3.84. The van der Waals surface area contributed by atoms with Gasteiger partial charge in [-0.25, -0.2) is 13.2 Å². The SMILES string of the molecule is C[C@@H]1Cc2ccccc2N1C(=O)COC(=O)c1cccc(S(=O)(=O)N2CCc3ccccc32)c1. The molecule has 1 amide bonds. The summed E-state index contributed by atoms with van der Waals surface area (Å²) in [5.41, 5.74) is 3.61. The second-order valence-electron chi connectivity index (χ2n) is 8.51. The van der Waals surface area contributed by atoms with E-state index in [4.69, 9.17) is 4.74 Å². The molecule has 2 heterocycles. The Labute approximate surface area is 198 Å². The lowest BCUT2D eigenvalue weighted by Gasteiger charge is -2.22. The van der Waals surface area contributed by atoms with E-state index in [1.54, 1.807) is 17.0 Å². The molecule has 0 N–H and O–H groups in total. The monoisotopic (exact) mass is 476 g/mol. The number of rotatable bonds is 5. The van der Waals surface area contributed by atoms with Gasteiger partial charge < -0.3 is 9.64 Å². The summed E-state index contributed by atoms with van der Waals surface area (Å²) in [4.78, 5) is 27.2. The van der Waals surface area contributed by atoms with Crippen LogP contribution in [0.1, 0.15) is 28.4 Å². The third kappa shape index (κ3) is 3.84. The van der Waals surface area contributed by atoms with Crippen molar-refractivity contribution in [1.29, 1.82) is 0 Å². The summed E-state index contributed by atoms with van der Waals surface area (Å²) in [5, 5.41) is 0. The summed E-state index contributed by atoms with van der Waals surface area (Å²) < 4.78 is 33.2. The first-order valence-corrected chi connectivity index (χ1v) is 12.6. The fourth-order valence-electron chi connectivity index (χ4n) is 4.69.